The molecule has 182 valence electrons. The van der Waals surface area contributed by atoms with E-state index in [0.29, 0.717) is 11.8 Å². The SMILES string of the molecule is C=C1C=CC(CC)C(=C)C1CC1=Cc2cccc(-c3cc(C)cc(C)c3CC3CCCCC3)c2C1. The Kier molecular flexibility index (Phi) is 7.01. The van der Waals surface area contributed by atoms with E-state index in [0.717, 1.165) is 25.2 Å². The summed E-state index contributed by atoms with van der Waals surface area (Å²) in [6.07, 6.45) is 18.5. The molecule has 1 saturated carbocycles. The molecule has 2 unspecified atom stereocenters. The molecule has 0 aliphatic heterocycles. The first-order valence-corrected chi connectivity index (χ1v) is 13.9. The van der Waals surface area contributed by atoms with Crippen molar-refractivity contribution < 1.29 is 0 Å². The van der Waals surface area contributed by atoms with Gasteiger partial charge in [-0.3, -0.25) is 0 Å². The van der Waals surface area contributed by atoms with Gasteiger partial charge in [0.2, 0.25) is 0 Å². The minimum Gasteiger partial charge on any atom is -0.0986 e. The van der Waals surface area contributed by atoms with Gasteiger partial charge in [0.05, 0.1) is 0 Å². The zero-order valence-corrected chi connectivity index (χ0v) is 22.1. The first kappa shape index (κ1) is 24.1. The molecule has 3 aliphatic carbocycles. The Morgan fingerprint density at radius 2 is 1.74 bits per heavy atom. The Labute approximate surface area is 213 Å². The van der Waals surface area contributed by atoms with Crippen LogP contribution in [0.3, 0.4) is 0 Å². The summed E-state index contributed by atoms with van der Waals surface area (Å²) in [6, 6.07) is 11.8. The third kappa shape index (κ3) is 4.90. The summed E-state index contributed by atoms with van der Waals surface area (Å²) in [4.78, 5) is 0. The van der Waals surface area contributed by atoms with E-state index < -0.39 is 0 Å². The summed E-state index contributed by atoms with van der Waals surface area (Å²) in [5.74, 6) is 1.71. The number of rotatable bonds is 6. The molecule has 2 atom stereocenters. The fraction of sp³-hybridized carbons (Fsp3) is 0.429. The van der Waals surface area contributed by atoms with Crippen molar-refractivity contribution in [3.63, 3.8) is 0 Å². The Hall–Kier alpha value is -2.60. The van der Waals surface area contributed by atoms with E-state index >= 15 is 0 Å². The van der Waals surface area contributed by atoms with Gasteiger partial charge in [0.15, 0.2) is 0 Å². The number of fused-ring (bicyclic) bond motifs is 1. The van der Waals surface area contributed by atoms with Crippen molar-refractivity contribution in [3.8, 4) is 11.1 Å². The molecule has 1 fully saturated rings. The summed E-state index contributed by atoms with van der Waals surface area (Å²) in [5.41, 5.74) is 14.4. The van der Waals surface area contributed by atoms with E-state index in [1.807, 2.05) is 0 Å². The van der Waals surface area contributed by atoms with Crippen molar-refractivity contribution in [2.24, 2.45) is 17.8 Å². The topological polar surface area (TPSA) is 0 Å². The minimum atomic E-state index is 0.372. The van der Waals surface area contributed by atoms with Gasteiger partial charge in [-0.2, -0.15) is 0 Å². The van der Waals surface area contributed by atoms with Crippen molar-refractivity contribution in [2.75, 3.05) is 0 Å². The Balaban J connectivity index is 1.44. The van der Waals surface area contributed by atoms with Crippen LogP contribution in [0.5, 0.6) is 0 Å². The molecule has 35 heavy (non-hydrogen) atoms. The van der Waals surface area contributed by atoms with Crippen molar-refractivity contribution >= 4 is 6.08 Å². The van der Waals surface area contributed by atoms with E-state index in [9.17, 15) is 0 Å². The van der Waals surface area contributed by atoms with Crippen LogP contribution in [0.25, 0.3) is 17.2 Å². The number of hydrogen-bond acceptors (Lipinski definition) is 0. The number of hydrogen-bond donors (Lipinski definition) is 0. The fourth-order valence-corrected chi connectivity index (χ4v) is 6.91. The highest BCUT2D eigenvalue weighted by molar-refractivity contribution is 5.80. The van der Waals surface area contributed by atoms with E-state index in [1.54, 1.807) is 5.56 Å². The molecule has 0 N–H and O–H groups in total. The van der Waals surface area contributed by atoms with Gasteiger partial charge < -0.3 is 0 Å². The first-order chi connectivity index (χ1) is 16.9. The number of allylic oxidation sites excluding steroid dienone is 5. The van der Waals surface area contributed by atoms with Gasteiger partial charge >= 0.3 is 0 Å². The summed E-state index contributed by atoms with van der Waals surface area (Å²) in [7, 11) is 0. The van der Waals surface area contributed by atoms with Crippen LogP contribution in [-0.2, 0) is 12.8 Å². The summed E-state index contributed by atoms with van der Waals surface area (Å²) >= 11 is 0. The smallest absolute Gasteiger partial charge is 0.00827 e. The molecular formula is C35H42. The van der Waals surface area contributed by atoms with Crippen molar-refractivity contribution in [2.45, 2.75) is 78.6 Å². The zero-order valence-electron chi connectivity index (χ0n) is 22.1. The third-order valence-corrected chi connectivity index (χ3v) is 8.92. The second kappa shape index (κ2) is 10.2. The van der Waals surface area contributed by atoms with E-state index in [4.69, 9.17) is 0 Å². The number of benzene rings is 2. The highest BCUT2D eigenvalue weighted by Crippen LogP contribution is 2.43. The van der Waals surface area contributed by atoms with Crippen LogP contribution >= 0.6 is 0 Å². The fourth-order valence-electron chi connectivity index (χ4n) is 6.91. The molecule has 5 rings (SSSR count). The largest absolute Gasteiger partial charge is 0.0986 e. The van der Waals surface area contributed by atoms with E-state index in [1.165, 1.54) is 88.6 Å². The van der Waals surface area contributed by atoms with Gasteiger partial charge in [-0.05, 0) is 90.3 Å². The standard InChI is InChI=1S/C35H42/c1-6-29-16-15-24(3)32(26(29)5)21-28-19-30-13-10-14-31(34(30)22-28)35-18-23(2)17-25(4)33(35)20-27-11-8-7-9-12-27/h10,13-19,27,29,32H,3,5-9,11-12,20-22H2,1-2,4H3. The lowest BCUT2D eigenvalue weighted by Crippen LogP contribution is -2.17. The molecule has 0 amide bonds. The predicted molar refractivity (Wildman–Crippen MR) is 153 cm³/mol. The number of aryl methyl sites for hydroxylation is 2. The molecule has 0 saturated heterocycles. The molecule has 0 heteroatoms. The van der Waals surface area contributed by atoms with Crippen LogP contribution in [0.2, 0.25) is 0 Å². The zero-order chi connectivity index (χ0) is 24.5. The molecule has 2 aromatic carbocycles. The molecule has 0 bridgehead atoms. The molecule has 0 nitrogen and oxygen atoms in total. The lowest BCUT2D eigenvalue weighted by Gasteiger charge is -2.29. The average molecular weight is 463 g/mol. The summed E-state index contributed by atoms with van der Waals surface area (Å²) in [5, 5.41) is 0. The second-order valence-corrected chi connectivity index (χ2v) is 11.4. The van der Waals surface area contributed by atoms with Gasteiger partial charge in [-0.1, -0.05) is 117 Å². The predicted octanol–water partition coefficient (Wildman–Crippen LogP) is 9.75. The van der Waals surface area contributed by atoms with E-state index in [-0.39, 0.29) is 0 Å². The van der Waals surface area contributed by atoms with Crippen LogP contribution in [0.4, 0.5) is 0 Å². The maximum absolute atomic E-state index is 4.50. The molecule has 0 aromatic heterocycles. The monoisotopic (exact) mass is 462 g/mol. The second-order valence-electron chi connectivity index (χ2n) is 11.4. The molecule has 0 heterocycles. The molecule has 2 aromatic rings. The highest BCUT2D eigenvalue weighted by atomic mass is 14.3. The van der Waals surface area contributed by atoms with E-state index in [2.05, 4.69) is 82.5 Å². The van der Waals surface area contributed by atoms with Crippen LogP contribution in [0, 0.1) is 31.6 Å². The van der Waals surface area contributed by atoms with Crippen molar-refractivity contribution in [3.05, 3.63) is 100 Å². The van der Waals surface area contributed by atoms with Crippen LogP contribution in [-0.4, -0.2) is 0 Å². The lowest BCUT2D eigenvalue weighted by molar-refractivity contribution is 0.356. The molecule has 0 radical (unpaired) electrons. The summed E-state index contributed by atoms with van der Waals surface area (Å²) in [6.45, 7) is 15.7. The third-order valence-electron chi connectivity index (χ3n) is 8.92. The van der Waals surface area contributed by atoms with Gasteiger partial charge in [0, 0.05) is 5.92 Å². The van der Waals surface area contributed by atoms with Gasteiger partial charge in [0.25, 0.3) is 0 Å². The Morgan fingerprint density at radius 3 is 2.51 bits per heavy atom. The van der Waals surface area contributed by atoms with Gasteiger partial charge in [-0.15, -0.1) is 0 Å². The minimum absolute atomic E-state index is 0.372. The van der Waals surface area contributed by atoms with Crippen LogP contribution in [0.15, 0.2) is 72.4 Å². The molecule has 0 spiro atoms. The quantitative estimate of drug-likeness (QED) is 0.375. The average Bonchev–Trinajstić information content (AvgIpc) is 3.27. The molecular weight excluding hydrogens is 420 g/mol. The normalized spacial score (nSPS) is 22.4. The van der Waals surface area contributed by atoms with Gasteiger partial charge in [-0.25, -0.2) is 0 Å². The maximum atomic E-state index is 4.50. The maximum Gasteiger partial charge on any atom is 0.00827 e. The highest BCUT2D eigenvalue weighted by Gasteiger charge is 2.27. The van der Waals surface area contributed by atoms with Crippen LogP contribution < -0.4 is 0 Å². The van der Waals surface area contributed by atoms with Crippen molar-refractivity contribution in [1.82, 2.24) is 0 Å². The first-order valence-electron chi connectivity index (χ1n) is 13.9. The molecule has 3 aliphatic rings. The lowest BCUT2D eigenvalue weighted by atomic mass is 9.75. The summed E-state index contributed by atoms with van der Waals surface area (Å²) < 4.78 is 0. The van der Waals surface area contributed by atoms with Crippen LogP contribution in [0.1, 0.15) is 79.7 Å². The van der Waals surface area contributed by atoms with Crippen molar-refractivity contribution in [1.29, 1.82) is 0 Å². The Morgan fingerprint density at radius 1 is 0.943 bits per heavy atom. The van der Waals surface area contributed by atoms with Gasteiger partial charge in [0.1, 0.15) is 0 Å². The Bertz CT molecular complexity index is 1190.